The van der Waals surface area contributed by atoms with Crippen LogP contribution in [0.25, 0.3) is 0 Å². The SMILES string of the molecule is CCCN1C(=O)N(c2cnc(C#N)nc2)CC12CCC(c1ccccc1)CC2. The molecule has 2 aliphatic rings. The number of rotatable bonds is 4. The zero-order valence-electron chi connectivity index (χ0n) is 16.2. The van der Waals surface area contributed by atoms with E-state index in [9.17, 15) is 4.79 Å². The number of aromatic nitrogens is 2. The van der Waals surface area contributed by atoms with Crippen molar-refractivity contribution in [2.24, 2.45) is 0 Å². The van der Waals surface area contributed by atoms with Gasteiger partial charge in [0, 0.05) is 6.54 Å². The summed E-state index contributed by atoms with van der Waals surface area (Å²) in [5.74, 6) is 0.691. The van der Waals surface area contributed by atoms with Crippen LogP contribution in [0.5, 0.6) is 0 Å². The Hall–Kier alpha value is -2.94. The average molecular weight is 375 g/mol. The average Bonchev–Trinajstić information content (AvgIpc) is 3.01. The van der Waals surface area contributed by atoms with Crippen LogP contribution in [0.4, 0.5) is 10.5 Å². The predicted octanol–water partition coefficient (Wildman–Crippen LogP) is 4.10. The van der Waals surface area contributed by atoms with Crippen LogP contribution in [0.15, 0.2) is 42.7 Å². The molecular weight excluding hydrogens is 350 g/mol. The van der Waals surface area contributed by atoms with E-state index in [0.29, 0.717) is 18.2 Å². The van der Waals surface area contributed by atoms with Crippen LogP contribution in [0.3, 0.4) is 0 Å². The second-order valence-electron chi connectivity index (χ2n) is 7.81. The molecule has 1 aromatic heterocycles. The Morgan fingerprint density at radius 3 is 2.46 bits per heavy atom. The van der Waals surface area contributed by atoms with E-state index in [2.05, 4.69) is 52.1 Å². The van der Waals surface area contributed by atoms with E-state index >= 15 is 0 Å². The molecule has 2 fully saturated rings. The highest BCUT2D eigenvalue weighted by Crippen LogP contribution is 2.45. The molecule has 2 heterocycles. The summed E-state index contributed by atoms with van der Waals surface area (Å²) in [7, 11) is 0. The van der Waals surface area contributed by atoms with E-state index < -0.39 is 0 Å². The number of anilines is 1. The Bertz CT molecular complexity index is 866. The molecule has 2 amide bonds. The van der Waals surface area contributed by atoms with Gasteiger partial charge in [-0.2, -0.15) is 5.26 Å². The molecule has 4 rings (SSSR count). The van der Waals surface area contributed by atoms with Crippen LogP contribution in [0, 0.1) is 11.3 Å². The van der Waals surface area contributed by atoms with Crippen molar-refractivity contribution in [1.82, 2.24) is 14.9 Å². The highest BCUT2D eigenvalue weighted by atomic mass is 16.2. The Balaban J connectivity index is 1.56. The van der Waals surface area contributed by atoms with Crippen molar-refractivity contribution < 1.29 is 4.79 Å². The van der Waals surface area contributed by atoms with Gasteiger partial charge in [0.05, 0.1) is 30.2 Å². The lowest BCUT2D eigenvalue weighted by Gasteiger charge is -2.42. The van der Waals surface area contributed by atoms with Crippen LogP contribution in [0.1, 0.15) is 56.3 Å². The first kappa shape index (κ1) is 18.4. The fourth-order valence-corrected chi connectivity index (χ4v) is 4.71. The van der Waals surface area contributed by atoms with Crippen LogP contribution in [0.2, 0.25) is 0 Å². The Morgan fingerprint density at radius 2 is 1.86 bits per heavy atom. The van der Waals surface area contributed by atoms with Gasteiger partial charge in [-0.3, -0.25) is 4.90 Å². The van der Waals surface area contributed by atoms with Crippen molar-refractivity contribution in [2.75, 3.05) is 18.0 Å². The predicted molar refractivity (Wildman–Crippen MR) is 107 cm³/mol. The Morgan fingerprint density at radius 1 is 1.18 bits per heavy atom. The van der Waals surface area contributed by atoms with Gasteiger partial charge < -0.3 is 4.90 Å². The molecule has 2 aromatic rings. The summed E-state index contributed by atoms with van der Waals surface area (Å²) in [5, 5.41) is 8.91. The molecule has 0 N–H and O–H groups in total. The molecule has 6 heteroatoms. The first-order chi connectivity index (χ1) is 13.7. The van der Waals surface area contributed by atoms with Crippen molar-refractivity contribution in [3.05, 3.63) is 54.1 Å². The minimum atomic E-state index is -0.119. The van der Waals surface area contributed by atoms with Gasteiger partial charge in [-0.25, -0.2) is 14.8 Å². The van der Waals surface area contributed by atoms with E-state index in [0.717, 1.165) is 38.6 Å². The second-order valence-corrected chi connectivity index (χ2v) is 7.81. The quantitative estimate of drug-likeness (QED) is 0.806. The van der Waals surface area contributed by atoms with Gasteiger partial charge in [-0.15, -0.1) is 0 Å². The summed E-state index contributed by atoms with van der Waals surface area (Å²) in [4.78, 5) is 25.2. The summed E-state index contributed by atoms with van der Waals surface area (Å²) in [6, 6.07) is 12.7. The zero-order valence-corrected chi connectivity index (χ0v) is 16.2. The number of hydrogen-bond donors (Lipinski definition) is 0. The van der Waals surface area contributed by atoms with Gasteiger partial charge in [0.2, 0.25) is 5.82 Å². The molecule has 1 aliphatic carbocycles. The lowest BCUT2D eigenvalue weighted by Crippen LogP contribution is -2.49. The molecule has 1 aliphatic heterocycles. The smallest absolute Gasteiger partial charge is 0.317 e. The molecule has 0 atom stereocenters. The number of urea groups is 1. The minimum Gasteiger partial charge on any atom is -0.317 e. The lowest BCUT2D eigenvalue weighted by atomic mass is 9.73. The van der Waals surface area contributed by atoms with Crippen molar-refractivity contribution >= 4 is 11.7 Å². The number of hydrogen-bond acceptors (Lipinski definition) is 4. The van der Waals surface area contributed by atoms with E-state index in [4.69, 9.17) is 5.26 Å². The summed E-state index contributed by atoms with van der Waals surface area (Å²) >= 11 is 0. The maximum atomic E-state index is 13.2. The van der Waals surface area contributed by atoms with Gasteiger partial charge in [0.15, 0.2) is 0 Å². The van der Waals surface area contributed by atoms with E-state index in [1.165, 1.54) is 5.56 Å². The Labute approximate surface area is 165 Å². The number of nitriles is 1. The number of amides is 2. The molecule has 1 saturated carbocycles. The van der Waals surface area contributed by atoms with Crippen LogP contribution < -0.4 is 4.90 Å². The molecule has 28 heavy (non-hydrogen) atoms. The van der Waals surface area contributed by atoms with E-state index in [-0.39, 0.29) is 17.4 Å². The van der Waals surface area contributed by atoms with Crippen molar-refractivity contribution in [3.63, 3.8) is 0 Å². The number of benzene rings is 1. The molecule has 0 radical (unpaired) electrons. The van der Waals surface area contributed by atoms with Gasteiger partial charge in [-0.05, 0) is 43.6 Å². The summed E-state index contributed by atoms with van der Waals surface area (Å²) in [6.07, 6.45) is 8.31. The van der Waals surface area contributed by atoms with Crippen molar-refractivity contribution in [2.45, 2.75) is 50.5 Å². The van der Waals surface area contributed by atoms with Crippen molar-refractivity contribution in [3.8, 4) is 6.07 Å². The third-order valence-corrected chi connectivity index (χ3v) is 6.17. The minimum absolute atomic E-state index is 0.0355. The highest BCUT2D eigenvalue weighted by molar-refractivity contribution is 5.95. The van der Waals surface area contributed by atoms with Crippen LogP contribution in [-0.2, 0) is 0 Å². The lowest BCUT2D eigenvalue weighted by molar-refractivity contribution is 0.112. The number of carbonyl (C=O) groups excluding carboxylic acids is 1. The fourth-order valence-electron chi connectivity index (χ4n) is 4.71. The molecule has 1 saturated heterocycles. The van der Waals surface area contributed by atoms with E-state index in [1.807, 2.05) is 6.07 Å². The molecule has 144 valence electrons. The van der Waals surface area contributed by atoms with Crippen LogP contribution >= 0.6 is 0 Å². The molecular formula is C22H25N5O. The van der Waals surface area contributed by atoms with Gasteiger partial charge in [-0.1, -0.05) is 37.3 Å². The highest BCUT2D eigenvalue weighted by Gasteiger charge is 2.51. The molecule has 1 aromatic carbocycles. The number of carbonyl (C=O) groups is 1. The number of nitrogens with zero attached hydrogens (tertiary/aromatic N) is 5. The maximum Gasteiger partial charge on any atom is 0.325 e. The molecule has 0 unspecified atom stereocenters. The Kier molecular flexibility index (Phi) is 4.99. The van der Waals surface area contributed by atoms with Gasteiger partial charge in [0.1, 0.15) is 6.07 Å². The monoisotopic (exact) mass is 375 g/mol. The third kappa shape index (κ3) is 3.22. The first-order valence-electron chi connectivity index (χ1n) is 10.0. The molecule has 1 spiro atoms. The van der Waals surface area contributed by atoms with E-state index in [1.54, 1.807) is 17.3 Å². The topological polar surface area (TPSA) is 73.1 Å². The van der Waals surface area contributed by atoms with Crippen LogP contribution in [-0.4, -0.2) is 39.5 Å². The first-order valence-corrected chi connectivity index (χ1v) is 10.0. The maximum absolute atomic E-state index is 13.2. The van der Waals surface area contributed by atoms with Gasteiger partial charge >= 0.3 is 6.03 Å². The summed E-state index contributed by atoms with van der Waals surface area (Å²) in [6.45, 7) is 3.55. The summed E-state index contributed by atoms with van der Waals surface area (Å²) in [5.41, 5.74) is 1.96. The molecule has 6 nitrogen and oxygen atoms in total. The summed E-state index contributed by atoms with van der Waals surface area (Å²) < 4.78 is 0. The largest absolute Gasteiger partial charge is 0.325 e. The van der Waals surface area contributed by atoms with Gasteiger partial charge in [0.25, 0.3) is 0 Å². The van der Waals surface area contributed by atoms with Crippen molar-refractivity contribution in [1.29, 1.82) is 5.26 Å². The zero-order chi connectivity index (χ0) is 19.6. The third-order valence-electron chi connectivity index (χ3n) is 6.17. The normalized spacial score (nSPS) is 24.6. The second kappa shape index (κ2) is 7.59. The standard InChI is InChI=1S/C22H25N5O/c1-2-12-27-21(28)26(19-14-24-20(13-23)25-15-19)16-22(27)10-8-18(9-11-22)17-6-4-3-5-7-17/h3-7,14-15,18H,2,8-12,16H2,1H3. The fraction of sp³-hybridized carbons (Fsp3) is 0.455. The molecule has 0 bridgehead atoms.